The Balaban J connectivity index is 1.60. The maximum absolute atomic E-state index is 13.4. The van der Waals surface area contributed by atoms with Crippen LogP contribution in [0.15, 0.2) is 80.1 Å². The second-order valence-electron chi connectivity index (χ2n) is 5.98. The predicted octanol–water partition coefficient (Wildman–Crippen LogP) is 3.58. The molecule has 7 nitrogen and oxygen atoms in total. The average molecular weight is 474 g/mol. The molecule has 1 N–H and O–H groups in total. The van der Waals surface area contributed by atoms with Crippen LogP contribution in [-0.2, 0) is 11.3 Å². The zero-order chi connectivity index (χ0) is 20.4. The molecule has 0 aliphatic rings. The normalized spacial score (nSPS) is 11.0. The number of carbonyl (C=O) groups excluding carboxylic acids is 1. The van der Waals surface area contributed by atoms with Gasteiger partial charge in [-0.25, -0.2) is 23.3 Å². The molecule has 0 spiro atoms. The van der Waals surface area contributed by atoms with Gasteiger partial charge in [0.15, 0.2) is 5.65 Å². The summed E-state index contributed by atoms with van der Waals surface area (Å²) in [6.07, 6.45) is 2.94. The molecular formula is C19H13BrFN5O2S. The first kappa shape index (κ1) is 19.3. The van der Waals surface area contributed by atoms with Crippen molar-refractivity contribution in [3.05, 3.63) is 81.7 Å². The fourth-order valence-corrected chi connectivity index (χ4v) is 3.93. The molecule has 1 amide bonds. The van der Waals surface area contributed by atoms with Gasteiger partial charge in [0.25, 0.3) is 0 Å². The number of nitrogens with zero attached hydrogens (tertiary/aromatic N) is 4. The average Bonchev–Trinajstić information content (AvgIpc) is 2.99. The first-order valence-corrected chi connectivity index (χ1v) is 10.0. The number of nitrogens with one attached hydrogen (secondary N) is 1. The largest absolute Gasteiger partial charge is 0.350 e. The lowest BCUT2D eigenvalue weighted by atomic mass is 10.3. The van der Waals surface area contributed by atoms with Crippen LogP contribution in [0.1, 0.15) is 0 Å². The molecule has 0 saturated carbocycles. The number of halogens is 2. The van der Waals surface area contributed by atoms with Crippen molar-refractivity contribution in [2.75, 3.05) is 5.32 Å². The molecule has 0 aliphatic heterocycles. The van der Waals surface area contributed by atoms with E-state index >= 15 is 0 Å². The van der Waals surface area contributed by atoms with Crippen LogP contribution in [0.3, 0.4) is 0 Å². The minimum atomic E-state index is -0.465. The molecule has 10 heteroatoms. The summed E-state index contributed by atoms with van der Waals surface area (Å²) in [5.74, 6) is -0.755. The third kappa shape index (κ3) is 4.38. The molecule has 0 fully saturated rings. The number of carbonyl (C=O) groups is 1. The van der Waals surface area contributed by atoms with E-state index in [0.717, 1.165) is 9.15 Å². The second kappa shape index (κ2) is 8.18. The first-order valence-electron chi connectivity index (χ1n) is 8.42. The maximum atomic E-state index is 13.4. The van der Waals surface area contributed by atoms with E-state index in [1.165, 1.54) is 40.7 Å². The highest BCUT2D eigenvalue weighted by atomic mass is 79.9. The summed E-state index contributed by atoms with van der Waals surface area (Å²) in [4.78, 5) is 29.8. The fraction of sp³-hybridized carbons (Fsp3) is 0.0526. The highest BCUT2D eigenvalue weighted by molar-refractivity contribution is 9.10. The summed E-state index contributed by atoms with van der Waals surface area (Å²) in [5.41, 5.74) is 0.431. The zero-order valence-corrected chi connectivity index (χ0v) is 17.2. The molecule has 0 radical (unpaired) electrons. The van der Waals surface area contributed by atoms with Crippen LogP contribution in [0.5, 0.6) is 0 Å². The van der Waals surface area contributed by atoms with Crippen LogP contribution in [-0.4, -0.2) is 25.1 Å². The van der Waals surface area contributed by atoms with Crippen molar-refractivity contribution in [2.24, 2.45) is 0 Å². The Kier molecular flexibility index (Phi) is 5.45. The lowest BCUT2D eigenvalue weighted by molar-refractivity contribution is -0.117. The van der Waals surface area contributed by atoms with Crippen LogP contribution in [0.2, 0.25) is 0 Å². The van der Waals surface area contributed by atoms with Gasteiger partial charge in [-0.05, 0) is 36.4 Å². The van der Waals surface area contributed by atoms with E-state index in [4.69, 9.17) is 0 Å². The van der Waals surface area contributed by atoms with Crippen LogP contribution < -0.4 is 11.0 Å². The number of anilines is 1. The summed E-state index contributed by atoms with van der Waals surface area (Å²) in [6.45, 7) is -0.253. The summed E-state index contributed by atoms with van der Waals surface area (Å²) in [7, 11) is 0. The van der Waals surface area contributed by atoms with Crippen LogP contribution in [0.25, 0.3) is 5.65 Å². The van der Waals surface area contributed by atoms with Crippen molar-refractivity contribution in [3.63, 3.8) is 0 Å². The Bertz CT molecular complexity index is 1270. The molecule has 0 saturated heterocycles. The zero-order valence-electron chi connectivity index (χ0n) is 14.8. The van der Waals surface area contributed by atoms with Gasteiger partial charge in [-0.3, -0.25) is 4.79 Å². The van der Waals surface area contributed by atoms with E-state index in [2.05, 4.69) is 31.3 Å². The van der Waals surface area contributed by atoms with Gasteiger partial charge >= 0.3 is 5.69 Å². The third-order valence-corrected chi connectivity index (χ3v) is 5.35. The molecule has 2 heterocycles. The fourth-order valence-electron chi connectivity index (χ4n) is 2.65. The van der Waals surface area contributed by atoms with Gasteiger partial charge < -0.3 is 5.32 Å². The molecule has 0 aliphatic carbocycles. The molecule has 2 aromatic heterocycles. The molecular weight excluding hydrogens is 461 g/mol. The second-order valence-corrected chi connectivity index (χ2v) is 7.96. The van der Waals surface area contributed by atoms with Gasteiger partial charge in [0, 0.05) is 27.4 Å². The van der Waals surface area contributed by atoms with Crippen LogP contribution >= 0.6 is 27.7 Å². The monoisotopic (exact) mass is 473 g/mol. The van der Waals surface area contributed by atoms with Crippen molar-refractivity contribution in [1.82, 2.24) is 19.2 Å². The molecule has 4 aromatic rings. The lowest BCUT2D eigenvalue weighted by Crippen LogP contribution is -2.28. The number of fused-ring (bicyclic) bond motifs is 1. The quantitative estimate of drug-likeness (QED) is 0.478. The van der Waals surface area contributed by atoms with E-state index in [1.54, 1.807) is 30.3 Å². The minimum Gasteiger partial charge on any atom is -0.324 e. The Morgan fingerprint density at radius 1 is 1.21 bits per heavy atom. The van der Waals surface area contributed by atoms with Crippen molar-refractivity contribution in [2.45, 2.75) is 16.5 Å². The predicted molar refractivity (Wildman–Crippen MR) is 111 cm³/mol. The number of hydrogen-bond acceptors (Lipinski definition) is 5. The topological polar surface area (TPSA) is 81.3 Å². The minimum absolute atomic E-state index is 0.253. The van der Waals surface area contributed by atoms with Gasteiger partial charge in [0.2, 0.25) is 5.91 Å². The van der Waals surface area contributed by atoms with Gasteiger partial charge in [0.1, 0.15) is 17.4 Å². The Labute approximate surface area is 176 Å². The highest BCUT2D eigenvalue weighted by Gasteiger charge is 2.15. The molecule has 0 atom stereocenters. The smallest absolute Gasteiger partial charge is 0.324 e. The standard InChI is InChI=1S/C19H13BrFN5O2S/c20-12-3-1-5-14(9-12)23-16(27)11-26-19(28)25-8-7-22-18(17(25)24-26)29-15-6-2-4-13(21)10-15/h1-10H,11H2,(H,23,27). The SMILES string of the molecule is O=C(Cn1nc2c(Sc3cccc(F)c3)nccn2c1=O)Nc1cccc(Br)c1. The van der Waals surface area contributed by atoms with Gasteiger partial charge in [-0.1, -0.05) is 39.8 Å². The Morgan fingerprint density at radius 3 is 2.83 bits per heavy atom. The van der Waals surface area contributed by atoms with E-state index in [1.807, 2.05) is 6.07 Å². The highest BCUT2D eigenvalue weighted by Crippen LogP contribution is 2.28. The first-order chi connectivity index (χ1) is 14.0. The van der Waals surface area contributed by atoms with Crippen molar-refractivity contribution in [1.29, 1.82) is 0 Å². The maximum Gasteiger partial charge on any atom is 0.350 e. The number of aromatic nitrogens is 4. The Hall–Kier alpha value is -2.98. The summed E-state index contributed by atoms with van der Waals surface area (Å²) < 4.78 is 16.6. The van der Waals surface area contributed by atoms with E-state index < -0.39 is 5.69 Å². The number of hydrogen-bond donors (Lipinski definition) is 1. The molecule has 2 aromatic carbocycles. The van der Waals surface area contributed by atoms with Gasteiger partial charge in [-0.2, -0.15) is 0 Å². The van der Waals surface area contributed by atoms with Gasteiger partial charge in [-0.15, -0.1) is 5.10 Å². The lowest BCUT2D eigenvalue weighted by Gasteiger charge is -2.04. The van der Waals surface area contributed by atoms with Crippen molar-refractivity contribution < 1.29 is 9.18 Å². The van der Waals surface area contributed by atoms with Crippen LogP contribution in [0, 0.1) is 5.82 Å². The van der Waals surface area contributed by atoms with Crippen molar-refractivity contribution in [3.8, 4) is 0 Å². The number of benzene rings is 2. The Morgan fingerprint density at radius 2 is 2.03 bits per heavy atom. The summed E-state index contributed by atoms with van der Waals surface area (Å²) >= 11 is 4.52. The number of amides is 1. The molecule has 4 rings (SSSR count). The van der Waals surface area contributed by atoms with Gasteiger partial charge in [0.05, 0.1) is 0 Å². The molecule has 29 heavy (non-hydrogen) atoms. The summed E-state index contributed by atoms with van der Waals surface area (Å²) in [5, 5.41) is 7.40. The molecule has 146 valence electrons. The third-order valence-electron chi connectivity index (χ3n) is 3.88. The van der Waals surface area contributed by atoms with E-state index in [9.17, 15) is 14.0 Å². The van der Waals surface area contributed by atoms with Crippen molar-refractivity contribution >= 4 is 44.9 Å². The van der Waals surface area contributed by atoms with E-state index in [0.29, 0.717) is 21.3 Å². The molecule has 0 unspecified atom stereocenters. The van der Waals surface area contributed by atoms with E-state index in [-0.39, 0.29) is 18.3 Å². The summed E-state index contributed by atoms with van der Waals surface area (Å²) in [6, 6.07) is 13.2. The van der Waals surface area contributed by atoms with Crippen LogP contribution in [0.4, 0.5) is 10.1 Å². The number of rotatable bonds is 5. The molecule has 0 bridgehead atoms.